The van der Waals surface area contributed by atoms with E-state index in [1.54, 1.807) is 36.8 Å². The van der Waals surface area contributed by atoms with Crippen molar-refractivity contribution >= 4 is 17.6 Å². The molecule has 4 aromatic rings. The second-order valence-electron chi connectivity index (χ2n) is 9.61. The summed E-state index contributed by atoms with van der Waals surface area (Å²) in [5.41, 5.74) is 2.96. The number of fused-ring (bicyclic) bond motifs is 1. The molecule has 4 aromatic heterocycles. The van der Waals surface area contributed by atoms with Crippen molar-refractivity contribution in [3.05, 3.63) is 83.8 Å². The molecule has 2 aliphatic rings. The van der Waals surface area contributed by atoms with Gasteiger partial charge in [-0.3, -0.25) is 0 Å². The molecule has 0 aromatic carbocycles. The standard InChI is InChI=1S/C27H26N8O2/c1-17-3-2-4-20(32-17)25-30-10-8-23(35-25)33-22-7-9-29-24(34-22)11-18-5-6-21(31-13-18)26(36)37-16-27-12-19(27)14-28-15-27/h2-10,13,19,28H,11-12,14-16H2,1H3,(H,29,30,33,34,35). The van der Waals surface area contributed by atoms with Crippen molar-refractivity contribution in [1.82, 2.24) is 35.2 Å². The highest BCUT2D eigenvalue weighted by atomic mass is 16.5. The van der Waals surface area contributed by atoms with Gasteiger partial charge in [0.25, 0.3) is 0 Å². The summed E-state index contributed by atoms with van der Waals surface area (Å²) in [4.78, 5) is 39.1. The molecule has 0 amide bonds. The fourth-order valence-corrected chi connectivity index (χ4v) is 4.68. The third-order valence-corrected chi connectivity index (χ3v) is 6.85. The molecule has 2 N–H and O–H groups in total. The summed E-state index contributed by atoms with van der Waals surface area (Å²) < 4.78 is 5.54. The molecule has 37 heavy (non-hydrogen) atoms. The molecule has 2 unspecified atom stereocenters. The van der Waals surface area contributed by atoms with Gasteiger partial charge in [-0.2, -0.15) is 0 Å². The van der Waals surface area contributed by atoms with E-state index in [1.165, 1.54) is 0 Å². The first-order valence-corrected chi connectivity index (χ1v) is 12.3. The van der Waals surface area contributed by atoms with E-state index in [1.807, 2.05) is 31.2 Å². The second kappa shape index (κ2) is 9.62. The van der Waals surface area contributed by atoms with Crippen LogP contribution in [0.25, 0.3) is 11.5 Å². The van der Waals surface area contributed by atoms with E-state index in [0.29, 0.717) is 53.6 Å². The molecule has 10 heteroatoms. The third-order valence-electron chi connectivity index (χ3n) is 6.85. The number of nitrogens with zero attached hydrogens (tertiary/aromatic N) is 6. The number of nitrogens with one attached hydrogen (secondary N) is 2. The molecular weight excluding hydrogens is 468 g/mol. The molecular formula is C27H26N8O2. The number of rotatable bonds is 8. The number of aromatic nitrogens is 6. The molecule has 1 aliphatic heterocycles. The van der Waals surface area contributed by atoms with E-state index >= 15 is 0 Å². The summed E-state index contributed by atoms with van der Waals surface area (Å²) in [6.45, 7) is 4.33. The fraction of sp³-hybridized carbons (Fsp3) is 0.296. The van der Waals surface area contributed by atoms with Crippen molar-refractivity contribution in [2.45, 2.75) is 19.8 Å². The first-order valence-electron chi connectivity index (χ1n) is 12.3. The van der Waals surface area contributed by atoms with Crippen LogP contribution in [0.2, 0.25) is 0 Å². The summed E-state index contributed by atoms with van der Waals surface area (Å²) in [5.74, 6) is 2.62. The van der Waals surface area contributed by atoms with Crippen molar-refractivity contribution in [2.24, 2.45) is 11.3 Å². The van der Waals surface area contributed by atoms with Gasteiger partial charge in [-0.05, 0) is 61.7 Å². The Labute approximate surface area is 214 Å². The maximum Gasteiger partial charge on any atom is 0.356 e. The van der Waals surface area contributed by atoms with Crippen LogP contribution in [0.1, 0.15) is 34.0 Å². The van der Waals surface area contributed by atoms with Gasteiger partial charge in [-0.25, -0.2) is 34.7 Å². The van der Waals surface area contributed by atoms with E-state index in [0.717, 1.165) is 30.8 Å². The van der Waals surface area contributed by atoms with Crippen LogP contribution in [0.4, 0.5) is 11.6 Å². The largest absolute Gasteiger partial charge is 0.460 e. The van der Waals surface area contributed by atoms with Crippen LogP contribution in [0, 0.1) is 18.3 Å². The third kappa shape index (κ3) is 5.14. The van der Waals surface area contributed by atoms with Gasteiger partial charge in [0.05, 0.1) is 6.61 Å². The van der Waals surface area contributed by atoms with Crippen molar-refractivity contribution in [3.63, 3.8) is 0 Å². The molecule has 1 aliphatic carbocycles. The van der Waals surface area contributed by atoms with Gasteiger partial charge in [0.15, 0.2) is 5.82 Å². The summed E-state index contributed by atoms with van der Waals surface area (Å²) >= 11 is 0. The van der Waals surface area contributed by atoms with Crippen molar-refractivity contribution < 1.29 is 9.53 Å². The van der Waals surface area contributed by atoms with Gasteiger partial charge in [-0.1, -0.05) is 12.1 Å². The van der Waals surface area contributed by atoms with Gasteiger partial charge >= 0.3 is 5.97 Å². The molecule has 10 nitrogen and oxygen atoms in total. The monoisotopic (exact) mass is 494 g/mol. The SMILES string of the molecule is Cc1cccc(-c2nccc(Nc3ccnc(Cc4ccc(C(=O)OCC56CNCC5C6)nc4)n3)n2)n1. The molecule has 1 saturated carbocycles. The first-order chi connectivity index (χ1) is 18.1. The van der Waals surface area contributed by atoms with Gasteiger partial charge in [0, 0.05) is 42.7 Å². The minimum absolute atomic E-state index is 0.150. The Morgan fingerprint density at radius 1 is 1.05 bits per heavy atom. The predicted molar refractivity (Wildman–Crippen MR) is 136 cm³/mol. The number of hydrogen-bond donors (Lipinski definition) is 2. The van der Waals surface area contributed by atoms with Gasteiger partial charge in [0.1, 0.15) is 28.8 Å². The number of carbonyl (C=O) groups is 1. The molecule has 2 fully saturated rings. The maximum atomic E-state index is 12.4. The Balaban J connectivity index is 1.08. The number of aryl methyl sites for hydroxylation is 1. The first kappa shape index (κ1) is 23.1. The maximum absolute atomic E-state index is 12.4. The lowest BCUT2D eigenvalue weighted by molar-refractivity contribution is 0.0413. The van der Waals surface area contributed by atoms with Crippen LogP contribution in [0.3, 0.4) is 0 Å². The number of esters is 1. The normalized spacial score (nSPS) is 19.8. The second-order valence-corrected chi connectivity index (χ2v) is 9.61. The minimum atomic E-state index is -0.383. The number of carbonyl (C=O) groups excluding carboxylic acids is 1. The number of piperidine rings is 1. The van der Waals surface area contributed by atoms with Gasteiger partial charge in [-0.15, -0.1) is 0 Å². The van der Waals surface area contributed by atoms with Crippen LogP contribution in [-0.2, 0) is 11.2 Å². The average Bonchev–Trinajstić information content (AvgIpc) is 3.46. The molecule has 2 atom stereocenters. The Morgan fingerprint density at radius 3 is 2.68 bits per heavy atom. The highest BCUT2D eigenvalue weighted by Crippen LogP contribution is 2.54. The summed E-state index contributed by atoms with van der Waals surface area (Å²) in [7, 11) is 0. The van der Waals surface area contributed by atoms with Crippen LogP contribution in [0.15, 0.2) is 61.1 Å². The lowest BCUT2D eigenvalue weighted by Gasteiger charge is -2.12. The van der Waals surface area contributed by atoms with Crippen molar-refractivity contribution in [2.75, 3.05) is 25.0 Å². The molecule has 0 radical (unpaired) electrons. The Kier molecular flexibility index (Phi) is 6.01. The van der Waals surface area contributed by atoms with Crippen LogP contribution < -0.4 is 10.6 Å². The van der Waals surface area contributed by atoms with Gasteiger partial charge in [0.2, 0.25) is 0 Å². The Hall–Kier alpha value is -4.31. The molecule has 1 saturated heterocycles. The molecule has 6 rings (SSSR count). The minimum Gasteiger partial charge on any atom is -0.460 e. The van der Waals surface area contributed by atoms with Crippen LogP contribution in [-0.4, -0.2) is 55.6 Å². The molecule has 0 spiro atoms. The smallest absolute Gasteiger partial charge is 0.356 e. The van der Waals surface area contributed by atoms with Crippen molar-refractivity contribution in [1.29, 1.82) is 0 Å². The van der Waals surface area contributed by atoms with Crippen LogP contribution in [0.5, 0.6) is 0 Å². The topological polar surface area (TPSA) is 128 Å². The summed E-state index contributed by atoms with van der Waals surface area (Å²) in [5, 5.41) is 6.56. The Morgan fingerprint density at radius 2 is 1.92 bits per heavy atom. The zero-order chi connectivity index (χ0) is 25.2. The number of hydrogen-bond acceptors (Lipinski definition) is 10. The highest BCUT2D eigenvalue weighted by molar-refractivity contribution is 5.87. The zero-order valence-corrected chi connectivity index (χ0v) is 20.4. The zero-order valence-electron chi connectivity index (χ0n) is 20.4. The van der Waals surface area contributed by atoms with E-state index in [-0.39, 0.29) is 11.4 Å². The average molecular weight is 495 g/mol. The van der Waals surface area contributed by atoms with Gasteiger partial charge < -0.3 is 15.4 Å². The van der Waals surface area contributed by atoms with E-state index in [9.17, 15) is 4.79 Å². The fourth-order valence-electron chi connectivity index (χ4n) is 4.68. The number of pyridine rings is 2. The summed E-state index contributed by atoms with van der Waals surface area (Å²) in [6, 6.07) is 12.8. The number of ether oxygens (including phenoxy) is 1. The number of anilines is 2. The van der Waals surface area contributed by atoms with E-state index in [4.69, 9.17) is 4.74 Å². The lowest BCUT2D eigenvalue weighted by atomic mass is 10.1. The summed E-state index contributed by atoms with van der Waals surface area (Å²) in [6.07, 6.45) is 6.65. The van der Waals surface area contributed by atoms with Crippen LogP contribution >= 0.6 is 0 Å². The molecule has 186 valence electrons. The highest BCUT2D eigenvalue weighted by Gasteiger charge is 2.57. The van der Waals surface area contributed by atoms with E-state index in [2.05, 4.69) is 40.5 Å². The molecule has 5 heterocycles. The van der Waals surface area contributed by atoms with E-state index < -0.39 is 0 Å². The molecule has 0 bridgehead atoms. The quantitative estimate of drug-likeness (QED) is 0.353. The predicted octanol–water partition coefficient (Wildman–Crippen LogP) is 3.13. The Bertz CT molecular complexity index is 1440. The lowest BCUT2D eigenvalue weighted by Crippen LogP contribution is -2.22. The van der Waals surface area contributed by atoms with Crippen molar-refractivity contribution in [3.8, 4) is 11.5 Å².